The average Bonchev–Trinajstić information content (AvgIpc) is 3.05. The van der Waals surface area contributed by atoms with Gasteiger partial charge in [0, 0.05) is 52.6 Å². The number of aryl methyl sites for hydroxylation is 2. The first-order valence-electron chi connectivity index (χ1n) is 15.4. The predicted molar refractivity (Wildman–Crippen MR) is 161 cm³/mol. The first-order valence-corrected chi connectivity index (χ1v) is 12.4. The Morgan fingerprint density at radius 1 is 0.650 bits per heavy atom. The number of pyridine rings is 3. The molecule has 6 rings (SSSR count). The van der Waals surface area contributed by atoms with Crippen molar-refractivity contribution < 1.29 is 28.3 Å². The van der Waals surface area contributed by atoms with E-state index in [0.717, 1.165) is 28.1 Å². The Morgan fingerprint density at radius 3 is 2.17 bits per heavy atom. The molecule has 3 nitrogen and oxygen atoms in total. The molecule has 4 heteroatoms. The number of aromatic nitrogens is 3. The molecule has 0 aliphatic heterocycles. The Kier molecular flexibility index (Phi) is 7.30. The molecular formula is C36H29IrN3-2. The fraction of sp³-hybridized carbons (Fsp3) is 0.0556. The molecule has 1 radical (unpaired) electrons. The molecule has 40 heavy (non-hydrogen) atoms. The van der Waals surface area contributed by atoms with Crippen LogP contribution in [0.3, 0.4) is 0 Å². The third-order valence-electron chi connectivity index (χ3n) is 6.07. The molecule has 0 aliphatic rings. The van der Waals surface area contributed by atoms with E-state index in [0.29, 0.717) is 22.4 Å². The van der Waals surface area contributed by atoms with Crippen LogP contribution in [0.1, 0.15) is 24.9 Å². The van der Waals surface area contributed by atoms with Crippen LogP contribution in [-0.2, 0) is 20.1 Å². The summed E-state index contributed by atoms with van der Waals surface area (Å²) < 4.78 is 45.9. The van der Waals surface area contributed by atoms with Gasteiger partial charge in [-0.1, -0.05) is 60.9 Å². The molecule has 0 unspecified atom stereocenters. The molecule has 199 valence electrons. The standard InChI is InChI=1S/C20H18N.C16H11N2.Ir/c1-14-9-10-20(21-13-14)19-12-18(15(2)11-16(19)3)17-7-5-4-6-8-17;1-2-6-13(7-3-1)16-12-14(9-11-18-16)15-8-4-5-10-17-15;/h4-13H,3H2,1-2H3;1-6,8-12H;/q2*-1;/i1D3,2D3;;. The second-order valence-corrected chi connectivity index (χ2v) is 8.77. The van der Waals surface area contributed by atoms with Gasteiger partial charge in [0.15, 0.2) is 0 Å². The Labute approximate surface area is 258 Å². The summed E-state index contributed by atoms with van der Waals surface area (Å²) in [6.45, 7) is -0.530. The first-order chi connectivity index (χ1) is 21.5. The zero-order valence-electron chi connectivity index (χ0n) is 27.5. The second kappa shape index (κ2) is 13.6. The average molecular weight is 702 g/mol. The Balaban J connectivity index is 0.000000220. The molecule has 6 aromatic rings. The molecule has 3 aromatic heterocycles. The Morgan fingerprint density at radius 2 is 1.48 bits per heavy atom. The quantitative estimate of drug-likeness (QED) is 0.173. The molecule has 0 saturated carbocycles. The molecular weight excluding hydrogens is 667 g/mol. The van der Waals surface area contributed by atoms with Gasteiger partial charge in [-0.05, 0) is 59.1 Å². The van der Waals surface area contributed by atoms with E-state index in [1.54, 1.807) is 30.6 Å². The fourth-order valence-corrected chi connectivity index (χ4v) is 4.12. The van der Waals surface area contributed by atoms with Crippen LogP contribution in [0.25, 0.3) is 44.9 Å². The van der Waals surface area contributed by atoms with Crippen LogP contribution in [0.5, 0.6) is 0 Å². The molecule has 0 amide bonds. The van der Waals surface area contributed by atoms with Gasteiger partial charge >= 0.3 is 0 Å². The van der Waals surface area contributed by atoms with Crippen LogP contribution in [0.2, 0.25) is 0 Å². The zero-order valence-corrected chi connectivity index (χ0v) is 23.9. The third-order valence-corrected chi connectivity index (χ3v) is 6.07. The summed E-state index contributed by atoms with van der Waals surface area (Å²) in [5.74, 6) is 0. The van der Waals surface area contributed by atoms with Crippen LogP contribution in [0.4, 0.5) is 0 Å². The molecule has 0 atom stereocenters. The number of hydrogen-bond acceptors (Lipinski definition) is 3. The third kappa shape index (κ3) is 6.98. The molecule has 0 spiro atoms. The fourth-order valence-electron chi connectivity index (χ4n) is 4.12. The smallest absolute Gasteiger partial charge is 0.0695 e. The van der Waals surface area contributed by atoms with Crippen molar-refractivity contribution in [2.75, 3.05) is 0 Å². The van der Waals surface area contributed by atoms with Crippen molar-refractivity contribution in [1.82, 2.24) is 15.0 Å². The van der Waals surface area contributed by atoms with Crippen molar-refractivity contribution in [3.05, 3.63) is 157 Å². The summed E-state index contributed by atoms with van der Waals surface area (Å²) >= 11 is 0. The first kappa shape index (κ1) is 21.5. The van der Waals surface area contributed by atoms with Crippen LogP contribution >= 0.6 is 0 Å². The molecule has 0 bridgehead atoms. The van der Waals surface area contributed by atoms with E-state index in [1.165, 1.54) is 12.3 Å². The minimum atomic E-state index is -2.28. The van der Waals surface area contributed by atoms with Crippen LogP contribution < -0.4 is 0 Å². The summed E-state index contributed by atoms with van der Waals surface area (Å²) in [5.41, 5.74) is 7.41. The van der Waals surface area contributed by atoms with Crippen molar-refractivity contribution in [2.45, 2.75) is 13.7 Å². The van der Waals surface area contributed by atoms with Gasteiger partial charge in [-0.3, -0.25) is 9.97 Å². The molecule has 0 fully saturated rings. The maximum Gasteiger partial charge on any atom is 0.0695 e. The van der Waals surface area contributed by atoms with Crippen molar-refractivity contribution in [1.29, 1.82) is 0 Å². The number of nitrogens with zero attached hydrogens (tertiary/aromatic N) is 3. The number of hydrogen-bond donors (Lipinski definition) is 0. The van der Waals surface area contributed by atoms with Gasteiger partial charge in [0.1, 0.15) is 0 Å². The van der Waals surface area contributed by atoms with Crippen molar-refractivity contribution in [3.63, 3.8) is 0 Å². The summed E-state index contributed by atoms with van der Waals surface area (Å²) in [7, 11) is 0. The summed E-state index contributed by atoms with van der Waals surface area (Å²) in [4.78, 5) is 13.0. The maximum absolute atomic E-state index is 7.86. The van der Waals surface area contributed by atoms with E-state index in [9.17, 15) is 0 Å². The van der Waals surface area contributed by atoms with Gasteiger partial charge in [-0.2, -0.15) is 18.6 Å². The summed E-state index contributed by atoms with van der Waals surface area (Å²) in [5, 5.41) is 0. The van der Waals surface area contributed by atoms with Crippen molar-refractivity contribution in [2.24, 2.45) is 0 Å². The molecule has 0 N–H and O–H groups in total. The van der Waals surface area contributed by atoms with Gasteiger partial charge in [0.25, 0.3) is 0 Å². The molecule has 3 heterocycles. The van der Waals surface area contributed by atoms with E-state index in [4.69, 9.17) is 8.22 Å². The largest absolute Gasteiger partial charge is 0.305 e. The SMILES string of the molecule is [2H]C([2H])([2H])c1ccc(-c2cc(-c3ccccc3)c(C([2H])([2H])[2H])cc2[CH2-])nc1.[Ir].[c-]1ccccc1-c1cc(-c2ccccn2)ccn1. The van der Waals surface area contributed by atoms with E-state index in [1.807, 2.05) is 84.9 Å². The van der Waals surface area contributed by atoms with Gasteiger partial charge in [-0.25, -0.2) is 0 Å². The van der Waals surface area contributed by atoms with E-state index < -0.39 is 13.7 Å². The summed E-state index contributed by atoms with van der Waals surface area (Å²) in [6, 6.07) is 36.6. The van der Waals surface area contributed by atoms with Crippen LogP contribution in [0.15, 0.2) is 128 Å². The Bertz CT molecular complexity index is 1810. The molecule has 3 aromatic carbocycles. The van der Waals surface area contributed by atoms with Crippen molar-refractivity contribution in [3.8, 4) is 44.9 Å². The van der Waals surface area contributed by atoms with Crippen LogP contribution in [0, 0.1) is 26.7 Å². The zero-order chi connectivity index (χ0) is 32.0. The number of benzene rings is 3. The second-order valence-electron chi connectivity index (χ2n) is 8.77. The van der Waals surface area contributed by atoms with Crippen molar-refractivity contribution >= 4 is 0 Å². The predicted octanol–water partition coefficient (Wildman–Crippen LogP) is 8.82. The topological polar surface area (TPSA) is 38.7 Å². The molecule has 0 saturated heterocycles. The van der Waals surface area contributed by atoms with Crippen LogP contribution in [-0.4, -0.2) is 15.0 Å². The summed E-state index contributed by atoms with van der Waals surface area (Å²) in [6.07, 6.45) is 4.92. The van der Waals surface area contributed by atoms with E-state index in [-0.39, 0.29) is 31.2 Å². The minimum absolute atomic E-state index is 0. The van der Waals surface area contributed by atoms with Gasteiger partial charge in [0.05, 0.1) is 5.69 Å². The van der Waals surface area contributed by atoms with E-state index in [2.05, 4.69) is 27.9 Å². The van der Waals surface area contributed by atoms with Gasteiger partial charge in [-0.15, -0.1) is 47.5 Å². The maximum atomic E-state index is 7.86. The minimum Gasteiger partial charge on any atom is -0.305 e. The normalized spacial score (nSPS) is 13.0. The van der Waals surface area contributed by atoms with Gasteiger partial charge < -0.3 is 4.98 Å². The number of rotatable bonds is 4. The van der Waals surface area contributed by atoms with Gasteiger partial charge in [0.2, 0.25) is 0 Å². The molecule has 0 aliphatic carbocycles. The Hall–Kier alpha value is -4.37. The van der Waals surface area contributed by atoms with E-state index >= 15 is 0 Å². The monoisotopic (exact) mass is 702 g/mol.